The predicted octanol–water partition coefficient (Wildman–Crippen LogP) is 3.18. The topological polar surface area (TPSA) is 75.1 Å². The number of imidazole rings is 1. The average molecular weight is 399 g/mol. The number of aromatic nitrogens is 3. The van der Waals surface area contributed by atoms with Crippen LogP contribution in [0.1, 0.15) is 13.8 Å². The molecule has 0 saturated carbocycles. The molecule has 0 atom stereocenters. The van der Waals surface area contributed by atoms with Crippen molar-refractivity contribution in [3.63, 3.8) is 0 Å². The summed E-state index contributed by atoms with van der Waals surface area (Å²) in [6.07, 6.45) is 1.66. The van der Waals surface area contributed by atoms with E-state index in [0.29, 0.717) is 18.1 Å². The van der Waals surface area contributed by atoms with E-state index >= 15 is 0 Å². The van der Waals surface area contributed by atoms with E-state index in [1.165, 1.54) is 0 Å². The lowest BCUT2D eigenvalue weighted by Crippen LogP contribution is -2.61. The highest BCUT2D eigenvalue weighted by Gasteiger charge is 2.30. The first kappa shape index (κ1) is 18.6. The van der Waals surface area contributed by atoms with Crippen molar-refractivity contribution in [3.05, 3.63) is 41.6 Å². The number of aryl methyl sites for hydroxylation is 1. The Bertz CT molecular complexity index is 1020. The minimum Gasteiger partial charge on any atom is -0.352 e. The van der Waals surface area contributed by atoms with Crippen LogP contribution >= 0.6 is 11.6 Å². The molecule has 0 bridgehead atoms. The summed E-state index contributed by atoms with van der Waals surface area (Å²) in [5.74, 6) is 1.63. The summed E-state index contributed by atoms with van der Waals surface area (Å²) < 4.78 is 2.04. The number of nitrogens with zero attached hydrogens (tertiary/aromatic N) is 4. The first-order chi connectivity index (χ1) is 13.4. The van der Waals surface area contributed by atoms with Gasteiger partial charge in [0.05, 0.1) is 22.1 Å². The van der Waals surface area contributed by atoms with E-state index in [2.05, 4.69) is 20.5 Å². The van der Waals surface area contributed by atoms with Crippen molar-refractivity contribution < 1.29 is 4.79 Å². The molecule has 8 heteroatoms. The van der Waals surface area contributed by atoms with Crippen LogP contribution in [0.25, 0.3) is 22.4 Å². The van der Waals surface area contributed by atoms with E-state index in [1.807, 2.05) is 55.8 Å². The van der Waals surface area contributed by atoms with Gasteiger partial charge in [0, 0.05) is 37.9 Å². The molecule has 146 valence electrons. The SMILES string of the molecule is CC(C)NC(=O)NC1CN(c2cc(-c3nc4ccccc4n3C)c(Cl)cn2)C1. The fourth-order valence-corrected chi connectivity index (χ4v) is 3.59. The summed E-state index contributed by atoms with van der Waals surface area (Å²) in [6, 6.07) is 10.0. The lowest BCUT2D eigenvalue weighted by atomic mass is 10.1. The number of urea groups is 1. The molecule has 0 radical (unpaired) electrons. The number of carbonyl (C=O) groups excluding carboxylic acids is 1. The van der Waals surface area contributed by atoms with Crippen LogP contribution in [-0.2, 0) is 7.05 Å². The Balaban J connectivity index is 1.52. The van der Waals surface area contributed by atoms with Gasteiger partial charge in [0.2, 0.25) is 0 Å². The van der Waals surface area contributed by atoms with Crippen molar-refractivity contribution in [2.75, 3.05) is 18.0 Å². The van der Waals surface area contributed by atoms with Gasteiger partial charge in [0.15, 0.2) is 0 Å². The third-order valence-corrected chi connectivity index (χ3v) is 5.13. The van der Waals surface area contributed by atoms with E-state index in [0.717, 1.165) is 28.2 Å². The van der Waals surface area contributed by atoms with Gasteiger partial charge in [-0.1, -0.05) is 23.7 Å². The molecule has 0 spiro atoms. The Morgan fingerprint density at radius 1 is 1.29 bits per heavy atom. The minimum absolute atomic E-state index is 0.107. The normalized spacial score (nSPS) is 14.4. The maximum atomic E-state index is 11.8. The highest BCUT2D eigenvalue weighted by Crippen LogP contribution is 2.32. The Hall–Kier alpha value is -2.80. The van der Waals surface area contributed by atoms with Gasteiger partial charge < -0.3 is 20.1 Å². The van der Waals surface area contributed by atoms with Crippen molar-refractivity contribution in [1.29, 1.82) is 0 Å². The second-order valence-corrected chi connectivity index (χ2v) is 7.79. The zero-order valence-electron chi connectivity index (χ0n) is 16.1. The average Bonchev–Trinajstić information content (AvgIpc) is 2.95. The molecule has 28 heavy (non-hydrogen) atoms. The summed E-state index contributed by atoms with van der Waals surface area (Å²) in [5.41, 5.74) is 2.83. The molecule has 3 heterocycles. The number of carbonyl (C=O) groups is 1. The molecule has 0 aliphatic carbocycles. The molecule has 1 aromatic carbocycles. The number of halogens is 1. The molecule has 7 nitrogen and oxygen atoms in total. The highest BCUT2D eigenvalue weighted by molar-refractivity contribution is 6.33. The molecule has 0 unspecified atom stereocenters. The lowest BCUT2D eigenvalue weighted by Gasteiger charge is -2.40. The molecule has 2 amide bonds. The summed E-state index contributed by atoms with van der Waals surface area (Å²) in [7, 11) is 1.98. The van der Waals surface area contributed by atoms with Crippen LogP contribution in [0, 0.1) is 0 Å². The summed E-state index contributed by atoms with van der Waals surface area (Å²) >= 11 is 6.44. The molecular weight excluding hydrogens is 376 g/mol. The maximum Gasteiger partial charge on any atom is 0.315 e. The fourth-order valence-electron chi connectivity index (χ4n) is 3.40. The Kier molecular flexibility index (Phi) is 4.85. The van der Waals surface area contributed by atoms with Crippen LogP contribution in [0.3, 0.4) is 0 Å². The lowest BCUT2D eigenvalue weighted by molar-refractivity contribution is 0.232. The molecule has 1 aliphatic rings. The second-order valence-electron chi connectivity index (χ2n) is 7.38. The van der Waals surface area contributed by atoms with Crippen molar-refractivity contribution in [2.24, 2.45) is 7.05 Å². The molecular formula is C20H23ClN6O. The van der Waals surface area contributed by atoms with E-state index in [1.54, 1.807) is 6.20 Å². The van der Waals surface area contributed by atoms with E-state index in [4.69, 9.17) is 16.6 Å². The highest BCUT2D eigenvalue weighted by atomic mass is 35.5. The quantitative estimate of drug-likeness (QED) is 0.707. The number of nitrogens with one attached hydrogen (secondary N) is 2. The Morgan fingerprint density at radius 2 is 2.04 bits per heavy atom. The van der Waals surface area contributed by atoms with Crippen molar-refractivity contribution >= 4 is 34.5 Å². The number of hydrogen-bond acceptors (Lipinski definition) is 4. The van der Waals surface area contributed by atoms with Gasteiger partial charge >= 0.3 is 6.03 Å². The zero-order valence-corrected chi connectivity index (χ0v) is 16.9. The van der Waals surface area contributed by atoms with Gasteiger partial charge in [-0.2, -0.15) is 0 Å². The van der Waals surface area contributed by atoms with Gasteiger partial charge in [-0.15, -0.1) is 0 Å². The Labute approximate surface area is 168 Å². The second kappa shape index (κ2) is 7.31. The number of hydrogen-bond donors (Lipinski definition) is 2. The summed E-state index contributed by atoms with van der Waals surface area (Å²) in [6.45, 7) is 5.30. The van der Waals surface area contributed by atoms with Crippen molar-refractivity contribution in [1.82, 2.24) is 25.2 Å². The number of rotatable bonds is 4. The molecule has 1 saturated heterocycles. The van der Waals surface area contributed by atoms with Gasteiger partial charge in [-0.25, -0.2) is 14.8 Å². The number of para-hydroxylation sites is 2. The van der Waals surface area contributed by atoms with Crippen LogP contribution in [-0.4, -0.2) is 45.7 Å². The third-order valence-electron chi connectivity index (χ3n) is 4.83. The Morgan fingerprint density at radius 3 is 2.75 bits per heavy atom. The monoisotopic (exact) mass is 398 g/mol. The minimum atomic E-state index is -0.135. The first-order valence-corrected chi connectivity index (χ1v) is 9.69. The molecule has 1 fully saturated rings. The number of anilines is 1. The number of pyridine rings is 1. The van der Waals surface area contributed by atoms with Gasteiger partial charge in [-0.05, 0) is 32.0 Å². The van der Waals surface area contributed by atoms with E-state index < -0.39 is 0 Å². The zero-order chi connectivity index (χ0) is 19.8. The largest absolute Gasteiger partial charge is 0.352 e. The van der Waals surface area contributed by atoms with E-state index in [9.17, 15) is 4.79 Å². The van der Waals surface area contributed by atoms with Crippen LogP contribution < -0.4 is 15.5 Å². The molecule has 3 aromatic rings. The number of fused-ring (bicyclic) bond motifs is 1. The summed E-state index contributed by atoms with van der Waals surface area (Å²) in [4.78, 5) is 23.1. The van der Waals surface area contributed by atoms with Crippen molar-refractivity contribution in [2.45, 2.75) is 25.9 Å². The molecule has 4 rings (SSSR count). The third kappa shape index (κ3) is 3.49. The molecule has 2 N–H and O–H groups in total. The fraction of sp³-hybridized carbons (Fsp3) is 0.350. The maximum absolute atomic E-state index is 11.8. The van der Waals surface area contributed by atoms with Crippen LogP contribution in [0.15, 0.2) is 36.5 Å². The first-order valence-electron chi connectivity index (χ1n) is 9.31. The predicted molar refractivity (Wildman–Crippen MR) is 112 cm³/mol. The van der Waals surface area contributed by atoms with Crippen LogP contribution in [0.5, 0.6) is 0 Å². The smallest absolute Gasteiger partial charge is 0.315 e. The van der Waals surface area contributed by atoms with Crippen LogP contribution in [0.4, 0.5) is 10.6 Å². The standard InChI is InChI=1S/C20H23ClN6O/c1-12(2)23-20(28)24-13-10-27(11-13)18-8-14(15(21)9-22-18)19-25-16-6-4-5-7-17(16)26(19)3/h4-9,12-13H,10-11H2,1-3H3,(H2,23,24,28). The number of amides is 2. The van der Waals surface area contributed by atoms with Gasteiger partial charge in [0.25, 0.3) is 0 Å². The van der Waals surface area contributed by atoms with Gasteiger partial charge in [0.1, 0.15) is 11.6 Å². The van der Waals surface area contributed by atoms with Crippen molar-refractivity contribution in [3.8, 4) is 11.4 Å². The number of benzene rings is 1. The molecule has 1 aliphatic heterocycles. The van der Waals surface area contributed by atoms with Crippen LogP contribution in [0.2, 0.25) is 5.02 Å². The summed E-state index contributed by atoms with van der Waals surface area (Å²) in [5, 5.41) is 6.37. The van der Waals surface area contributed by atoms with Gasteiger partial charge in [-0.3, -0.25) is 0 Å². The van der Waals surface area contributed by atoms with E-state index in [-0.39, 0.29) is 18.1 Å². The molecule has 2 aromatic heterocycles.